The number of hydrogen-bond acceptors (Lipinski definition) is 2. The summed E-state index contributed by atoms with van der Waals surface area (Å²) in [4.78, 5) is 26.8. The van der Waals surface area contributed by atoms with Gasteiger partial charge in [-0.05, 0) is 49.9 Å². The molecule has 5 heteroatoms. The highest BCUT2D eigenvalue weighted by molar-refractivity contribution is 5.97. The summed E-state index contributed by atoms with van der Waals surface area (Å²) in [5.41, 5.74) is 0.0965. The average molecular weight is 288 g/mol. The van der Waals surface area contributed by atoms with Gasteiger partial charge in [0.05, 0.1) is 0 Å². The fourth-order valence-corrected chi connectivity index (χ4v) is 2.66. The molecule has 2 heterocycles. The van der Waals surface area contributed by atoms with Gasteiger partial charge in [-0.2, -0.15) is 0 Å². The Balaban J connectivity index is 2.27. The van der Waals surface area contributed by atoms with Crippen molar-refractivity contribution < 1.29 is 9.18 Å². The van der Waals surface area contributed by atoms with E-state index in [9.17, 15) is 14.0 Å². The Hall–Kier alpha value is -2.17. The zero-order valence-electron chi connectivity index (χ0n) is 12.1. The summed E-state index contributed by atoms with van der Waals surface area (Å²) in [5.74, 6) is -0.565. The van der Waals surface area contributed by atoms with Gasteiger partial charge in [-0.15, -0.1) is 0 Å². The van der Waals surface area contributed by atoms with Crippen molar-refractivity contribution in [3.63, 3.8) is 0 Å². The van der Waals surface area contributed by atoms with E-state index in [-0.39, 0.29) is 17.5 Å². The third-order valence-corrected chi connectivity index (χ3v) is 3.89. The van der Waals surface area contributed by atoms with Gasteiger partial charge >= 0.3 is 0 Å². The van der Waals surface area contributed by atoms with Gasteiger partial charge in [-0.1, -0.05) is 0 Å². The Morgan fingerprint density at radius 2 is 1.95 bits per heavy atom. The maximum absolute atomic E-state index is 13.4. The molecule has 1 aromatic heterocycles. The minimum Gasteiger partial charge on any atom is -0.337 e. The van der Waals surface area contributed by atoms with Crippen molar-refractivity contribution in [1.82, 2.24) is 9.47 Å². The monoisotopic (exact) mass is 288 g/mol. The highest BCUT2D eigenvalue weighted by Gasteiger charge is 2.26. The number of benzene rings is 1. The SMILES string of the molecule is CC(C)n1c(C(=O)N2CCC2)cc2cc(F)ccc2c1=O. The first-order valence-electron chi connectivity index (χ1n) is 7.13. The minimum absolute atomic E-state index is 0.132. The normalized spacial score (nSPS) is 14.6. The van der Waals surface area contributed by atoms with E-state index in [1.165, 1.54) is 22.8 Å². The molecule has 110 valence electrons. The van der Waals surface area contributed by atoms with Crippen molar-refractivity contribution in [2.75, 3.05) is 13.1 Å². The van der Waals surface area contributed by atoms with E-state index in [2.05, 4.69) is 0 Å². The molecule has 1 aromatic carbocycles. The number of halogens is 1. The molecule has 3 rings (SSSR count). The minimum atomic E-state index is -0.411. The largest absolute Gasteiger partial charge is 0.337 e. The fraction of sp³-hybridized carbons (Fsp3) is 0.375. The summed E-state index contributed by atoms with van der Waals surface area (Å²) in [6.07, 6.45) is 0.986. The number of aromatic nitrogens is 1. The number of pyridine rings is 1. The van der Waals surface area contributed by atoms with Crippen LogP contribution in [0.1, 0.15) is 36.8 Å². The molecule has 0 atom stereocenters. The van der Waals surface area contributed by atoms with Gasteiger partial charge in [0.15, 0.2) is 0 Å². The van der Waals surface area contributed by atoms with Gasteiger partial charge in [0.25, 0.3) is 11.5 Å². The topological polar surface area (TPSA) is 42.3 Å². The molecule has 4 nitrogen and oxygen atoms in total. The zero-order valence-corrected chi connectivity index (χ0v) is 12.1. The molecule has 0 saturated carbocycles. The van der Waals surface area contributed by atoms with E-state index in [4.69, 9.17) is 0 Å². The molecular formula is C16H17FN2O2. The molecule has 1 amide bonds. The zero-order chi connectivity index (χ0) is 15.1. The van der Waals surface area contributed by atoms with Crippen LogP contribution in [0.25, 0.3) is 10.8 Å². The van der Waals surface area contributed by atoms with E-state index >= 15 is 0 Å². The number of nitrogens with zero attached hydrogens (tertiary/aromatic N) is 2. The van der Waals surface area contributed by atoms with Crippen LogP contribution in [-0.4, -0.2) is 28.5 Å². The standard InChI is InChI=1S/C16H17FN2O2/c1-10(2)19-14(16(21)18-6-3-7-18)9-11-8-12(17)4-5-13(11)15(19)20/h4-5,8-10H,3,6-7H2,1-2H3. The molecule has 0 radical (unpaired) electrons. The second kappa shape index (κ2) is 4.98. The summed E-state index contributed by atoms with van der Waals surface area (Å²) < 4.78 is 14.9. The molecular weight excluding hydrogens is 271 g/mol. The van der Waals surface area contributed by atoms with E-state index in [1.54, 1.807) is 11.0 Å². The lowest BCUT2D eigenvalue weighted by molar-refractivity contribution is 0.0637. The van der Waals surface area contributed by atoms with Gasteiger partial charge in [0.2, 0.25) is 0 Å². The predicted octanol–water partition coefficient (Wildman–Crippen LogP) is 2.57. The molecule has 0 bridgehead atoms. The van der Waals surface area contributed by atoms with Crippen LogP contribution in [0.2, 0.25) is 0 Å². The Kier molecular flexibility index (Phi) is 3.27. The van der Waals surface area contributed by atoms with Crippen LogP contribution in [-0.2, 0) is 0 Å². The van der Waals surface area contributed by atoms with Gasteiger partial charge in [0, 0.05) is 24.5 Å². The molecule has 1 fully saturated rings. The van der Waals surface area contributed by atoms with Crippen molar-refractivity contribution in [3.05, 3.63) is 46.1 Å². The number of likely N-dealkylation sites (tertiary alicyclic amines) is 1. The van der Waals surface area contributed by atoms with Crippen LogP contribution < -0.4 is 5.56 Å². The average Bonchev–Trinajstić information content (AvgIpc) is 2.35. The van der Waals surface area contributed by atoms with Crippen LogP contribution >= 0.6 is 0 Å². The summed E-state index contributed by atoms with van der Waals surface area (Å²) in [5, 5.41) is 0.908. The first-order valence-corrected chi connectivity index (χ1v) is 7.13. The molecule has 0 aliphatic carbocycles. The lowest BCUT2D eigenvalue weighted by Gasteiger charge is -2.32. The Morgan fingerprint density at radius 3 is 2.52 bits per heavy atom. The maximum atomic E-state index is 13.4. The summed E-state index contributed by atoms with van der Waals surface area (Å²) in [7, 11) is 0. The van der Waals surface area contributed by atoms with Crippen molar-refractivity contribution in [3.8, 4) is 0 Å². The number of amides is 1. The lowest BCUT2D eigenvalue weighted by atomic mass is 10.1. The third-order valence-electron chi connectivity index (χ3n) is 3.89. The van der Waals surface area contributed by atoms with Crippen LogP contribution in [0.5, 0.6) is 0 Å². The van der Waals surface area contributed by atoms with Gasteiger partial charge in [-0.25, -0.2) is 4.39 Å². The lowest BCUT2D eigenvalue weighted by Crippen LogP contribution is -2.44. The first-order chi connectivity index (χ1) is 9.99. The Labute approximate surface area is 121 Å². The van der Waals surface area contributed by atoms with E-state index < -0.39 is 5.82 Å². The molecule has 0 spiro atoms. The van der Waals surface area contributed by atoms with Crippen LogP contribution in [0, 0.1) is 5.82 Å². The van der Waals surface area contributed by atoms with E-state index in [1.807, 2.05) is 13.8 Å². The van der Waals surface area contributed by atoms with Crippen molar-refractivity contribution in [2.24, 2.45) is 0 Å². The number of hydrogen-bond donors (Lipinski definition) is 0. The van der Waals surface area contributed by atoms with Crippen molar-refractivity contribution >= 4 is 16.7 Å². The molecule has 2 aromatic rings. The summed E-state index contributed by atoms with van der Waals surface area (Å²) >= 11 is 0. The molecule has 0 unspecified atom stereocenters. The summed E-state index contributed by atoms with van der Waals surface area (Å²) in [6, 6.07) is 5.54. The van der Waals surface area contributed by atoms with Crippen molar-refractivity contribution in [1.29, 1.82) is 0 Å². The highest BCUT2D eigenvalue weighted by Crippen LogP contribution is 2.20. The smallest absolute Gasteiger partial charge is 0.270 e. The molecule has 1 aliphatic rings. The molecule has 21 heavy (non-hydrogen) atoms. The number of carbonyl (C=O) groups is 1. The second-order valence-electron chi connectivity index (χ2n) is 5.68. The quantitative estimate of drug-likeness (QED) is 0.852. The predicted molar refractivity (Wildman–Crippen MR) is 79.1 cm³/mol. The van der Waals surface area contributed by atoms with E-state index in [0.717, 1.165) is 6.42 Å². The van der Waals surface area contributed by atoms with Crippen LogP contribution in [0.4, 0.5) is 4.39 Å². The second-order valence-corrected chi connectivity index (χ2v) is 5.68. The van der Waals surface area contributed by atoms with Crippen molar-refractivity contribution in [2.45, 2.75) is 26.3 Å². The fourth-order valence-electron chi connectivity index (χ4n) is 2.66. The highest BCUT2D eigenvalue weighted by atomic mass is 19.1. The molecule has 1 saturated heterocycles. The Bertz CT molecular complexity index is 776. The van der Waals surface area contributed by atoms with Crippen LogP contribution in [0.3, 0.4) is 0 Å². The number of rotatable bonds is 2. The van der Waals surface area contributed by atoms with Gasteiger partial charge in [-0.3, -0.25) is 9.59 Å². The number of fused-ring (bicyclic) bond motifs is 1. The number of carbonyl (C=O) groups excluding carboxylic acids is 1. The van der Waals surface area contributed by atoms with E-state index in [0.29, 0.717) is 29.6 Å². The first kappa shape index (κ1) is 13.8. The molecule has 0 N–H and O–H groups in total. The van der Waals surface area contributed by atoms with Gasteiger partial charge in [0.1, 0.15) is 11.5 Å². The van der Waals surface area contributed by atoms with Gasteiger partial charge < -0.3 is 9.47 Å². The maximum Gasteiger partial charge on any atom is 0.270 e. The third kappa shape index (κ3) is 2.22. The summed E-state index contributed by atoms with van der Waals surface area (Å²) in [6.45, 7) is 5.16. The van der Waals surface area contributed by atoms with Crippen LogP contribution in [0.15, 0.2) is 29.1 Å². The Morgan fingerprint density at radius 1 is 1.24 bits per heavy atom. The molecule has 1 aliphatic heterocycles.